The quantitative estimate of drug-likeness (QED) is 0.822. The zero-order chi connectivity index (χ0) is 17.5. The van der Waals surface area contributed by atoms with Gasteiger partial charge in [0.1, 0.15) is 5.69 Å². The van der Waals surface area contributed by atoms with Crippen LogP contribution in [0.5, 0.6) is 0 Å². The highest BCUT2D eigenvalue weighted by Crippen LogP contribution is 2.26. The van der Waals surface area contributed by atoms with Gasteiger partial charge in [-0.05, 0) is 24.6 Å². The lowest BCUT2D eigenvalue weighted by atomic mass is 10.1. The van der Waals surface area contributed by atoms with Crippen LogP contribution in [0.2, 0.25) is 10.0 Å². The van der Waals surface area contributed by atoms with Crippen molar-refractivity contribution >= 4 is 35.0 Å². The van der Waals surface area contributed by atoms with Crippen molar-refractivity contribution in [3.63, 3.8) is 0 Å². The largest absolute Gasteiger partial charge is 0.350 e. The number of carbonyl (C=O) groups excluding carboxylic acids is 2. The third-order valence-electron chi connectivity index (χ3n) is 3.24. The zero-order valence-electron chi connectivity index (χ0n) is 12.9. The van der Waals surface area contributed by atoms with Gasteiger partial charge in [0, 0.05) is 35.4 Å². The number of amides is 2. The number of nitrogens with one attached hydrogen (secondary N) is 2. The van der Waals surface area contributed by atoms with E-state index in [1.807, 2.05) is 6.92 Å². The molecule has 0 fully saturated rings. The number of hydrogen-bond acceptors (Lipinski definition) is 4. The van der Waals surface area contributed by atoms with Crippen LogP contribution in [-0.4, -0.2) is 28.3 Å². The van der Waals surface area contributed by atoms with E-state index in [0.717, 1.165) is 5.56 Å². The van der Waals surface area contributed by atoms with Crippen molar-refractivity contribution in [2.75, 3.05) is 6.54 Å². The molecular weight excluding hydrogens is 351 g/mol. The van der Waals surface area contributed by atoms with E-state index in [1.165, 1.54) is 18.6 Å². The summed E-state index contributed by atoms with van der Waals surface area (Å²) in [5, 5.41) is 6.47. The number of halogens is 2. The fourth-order valence-electron chi connectivity index (χ4n) is 2.04. The third kappa shape index (κ3) is 5.18. The van der Waals surface area contributed by atoms with Crippen molar-refractivity contribution in [2.45, 2.75) is 19.4 Å². The molecule has 0 spiro atoms. The molecular formula is C16H16Cl2N4O2. The Bertz CT molecular complexity index is 725. The van der Waals surface area contributed by atoms with Gasteiger partial charge in [0.05, 0.1) is 12.2 Å². The summed E-state index contributed by atoms with van der Waals surface area (Å²) in [7, 11) is 0. The van der Waals surface area contributed by atoms with Gasteiger partial charge in [0.25, 0.3) is 5.91 Å². The summed E-state index contributed by atoms with van der Waals surface area (Å²) in [6.45, 7) is 2.02. The summed E-state index contributed by atoms with van der Waals surface area (Å²) in [5.74, 6) is -0.572. The standard InChI is InChI=1S/C16H16Cl2N4O2/c1-10(12-3-2-11(17)8-13(12)18)22-15(23)4-5-21-16(24)14-9-19-6-7-20-14/h2-3,6-10H,4-5H2,1H3,(H,21,24)(H,22,23)/t10-/m0/s1. The van der Waals surface area contributed by atoms with E-state index in [2.05, 4.69) is 20.6 Å². The molecule has 0 aliphatic rings. The first-order valence-electron chi connectivity index (χ1n) is 7.26. The highest BCUT2D eigenvalue weighted by molar-refractivity contribution is 6.35. The monoisotopic (exact) mass is 366 g/mol. The second-order valence-electron chi connectivity index (χ2n) is 5.05. The first kappa shape index (κ1) is 18.2. The van der Waals surface area contributed by atoms with Crippen LogP contribution in [0.15, 0.2) is 36.8 Å². The smallest absolute Gasteiger partial charge is 0.271 e. The molecule has 126 valence electrons. The first-order chi connectivity index (χ1) is 11.5. The molecule has 1 aromatic heterocycles. The van der Waals surface area contributed by atoms with E-state index in [1.54, 1.807) is 18.2 Å². The van der Waals surface area contributed by atoms with E-state index in [0.29, 0.717) is 10.0 Å². The molecule has 6 nitrogen and oxygen atoms in total. The van der Waals surface area contributed by atoms with Crippen molar-refractivity contribution in [1.29, 1.82) is 0 Å². The van der Waals surface area contributed by atoms with Crippen LogP contribution in [0.4, 0.5) is 0 Å². The van der Waals surface area contributed by atoms with Crippen LogP contribution in [0.25, 0.3) is 0 Å². The fourth-order valence-corrected chi connectivity index (χ4v) is 2.61. The number of benzene rings is 1. The predicted molar refractivity (Wildman–Crippen MR) is 92.0 cm³/mol. The molecule has 1 aromatic carbocycles. The van der Waals surface area contributed by atoms with Gasteiger partial charge in [-0.25, -0.2) is 4.98 Å². The normalized spacial score (nSPS) is 11.6. The van der Waals surface area contributed by atoms with Crippen molar-refractivity contribution in [3.8, 4) is 0 Å². The molecule has 2 rings (SSSR count). The SMILES string of the molecule is C[C@H](NC(=O)CCNC(=O)c1cnccn1)c1ccc(Cl)cc1Cl. The van der Waals surface area contributed by atoms with Gasteiger partial charge in [-0.1, -0.05) is 29.3 Å². The molecule has 1 atom stereocenters. The maximum absolute atomic E-state index is 12.0. The maximum Gasteiger partial charge on any atom is 0.271 e. The van der Waals surface area contributed by atoms with E-state index in [-0.39, 0.29) is 36.5 Å². The van der Waals surface area contributed by atoms with Crippen molar-refractivity contribution in [3.05, 3.63) is 58.1 Å². The molecule has 24 heavy (non-hydrogen) atoms. The van der Waals surface area contributed by atoms with E-state index in [9.17, 15) is 9.59 Å². The number of carbonyl (C=O) groups is 2. The topological polar surface area (TPSA) is 84.0 Å². The number of hydrogen-bond donors (Lipinski definition) is 2. The van der Waals surface area contributed by atoms with Gasteiger partial charge in [-0.15, -0.1) is 0 Å². The van der Waals surface area contributed by atoms with Gasteiger partial charge in [-0.2, -0.15) is 0 Å². The summed E-state index contributed by atoms with van der Waals surface area (Å²) in [4.78, 5) is 31.4. The van der Waals surface area contributed by atoms with Gasteiger partial charge >= 0.3 is 0 Å². The lowest BCUT2D eigenvalue weighted by molar-refractivity contribution is -0.121. The molecule has 0 saturated carbocycles. The van der Waals surface area contributed by atoms with Gasteiger partial charge in [0.15, 0.2) is 0 Å². The summed E-state index contributed by atoms with van der Waals surface area (Å²) in [5.41, 5.74) is 0.984. The Kier molecular flexibility index (Phi) is 6.52. The Hall–Kier alpha value is -2.18. The molecule has 2 amide bonds. The van der Waals surface area contributed by atoms with Gasteiger partial charge < -0.3 is 10.6 Å². The number of aromatic nitrogens is 2. The lowest BCUT2D eigenvalue weighted by Gasteiger charge is -2.16. The Morgan fingerprint density at radius 2 is 2.04 bits per heavy atom. The van der Waals surface area contributed by atoms with Gasteiger partial charge in [-0.3, -0.25) is 14.6 Å². The number of nitrogens with zero attached hydrogens (tertiary/aromatic N) is 2. The maximum atomic E-state index is 12.0. The van der Waals surface area contributed by atoms with Crippen LogP contribution in [0, 0.1) is 0 Å². The van der Waals surface area contributed by atoms with E-state index in [4.69, 9.17) is 23.2 Å². The van der Waals surface area contributed by atoms with Crippen molar-refractivity contribution in [1.82, 2.24) is 20.6 Å². The number of rotatable bonds is 6. The minimum atomic E-state index is -0.371. The average Bonchev–Trinajstić information content (AvgIpc) is 2.55. The molecule has 0 bridgehead atoms. The van der Waals surface area contributed by atoms with Crippen LogP contribution >= 0.6 is 23.2 Å². The summed E-state index contributed by atoms with van der Waals surface area (Å²) in [6, 6.07) is 4.85. The third-order valence-corrected chi connectivity index (χ3v) is 3.80. The molecule has 0 aliphatic heterocycles. The second-order valence-corrected chi connectivity index (χ2v) is 5.90. The predicted octanol–water partition coefficient (Wildman–Crippen LogP) is 2.78. The summed E-state index contributed by atoms with van der Waals surface area (Å²) in [6.07, 6.45) is 4.41. The Morgan fingerprint density at radius 3 is 2.71 bits per heavy atom. The highest BCUT2D eigenvalue weighted by Gasteiger charge is 2.13. The first-order valence-corrected chi connectivity index (χ1v) is 8.01. The van der Waals surface area contributed by atoms with Crippen LogP contribution in [0.3, 0.4) is 0 Å². The van der Waals surface area contributed by atoms with Crippen LogP contribution in [0.1, 0.15) is 35.4 Å². The van der Waals surface area contributed by atoms with Gasteiger partial charge in [0.2, 0.25) is 5.91 Å². The molecule has 2 aromatic rings. The minimum absolute atomic E-state index is 0.140. The molecule has 2 N–H and O–H groups in total. The molecule has 0 aliphatic carbocycles. The molecule has 1 heterocycles. The minimum Gasteiger partial charge on any atom is -0.350 e. The highest BCUT2D eigenvalue weighted by atomic mass is 35.5. The second kappa shape index (κ2) is 8.61. The van der Waals surface area contributed by atoms with Crippen LogP contribution in [-0.2, 0) is 4.79 Å². The van der Waals surface area contributed by atoms with E-state index >= 15 is 0 Å². The molecule has 8 heteroatoms. The van der Waals surface area contributed by atoms with E-state index < -0.39 is 0 Å². The van der Waals surface area contributed by atoms with Crippen molar-refractivity contribution in [2.24, 2.45) is 0 Å². The Balaban J connectivity index is 1.80. The summed E-state index contributed by atoms with van der Waals surface area (Å²) < 4.78 is 0. The zero-order valence-corrected chi connectivity index (χ0v) is 14.4. The molecule has 0 unspecified atom stereocenters. The van der Waals surface area contributed by atoms with Crippen molar-refractivity contribution < 1.29 is 9.59 Å². The lowest BCUT2D eigenvalue weighted by Crippen LogP contribution is -2.32. The Labute approximate surface area is 149 Å². The van der Waals surface area contributed by atoms with Crippen LogP contribution < -0.4 is 10.6 Å². The average molecular weight is 367 g/mol. The summed E-state index contributed by atoms with van der Waals surface area (Å²) >= 11 is 12.0. The molecule has 0 radical (unpaired) electrons. The molecule has 0 saturated heterocycles. The Morgan fingerprint density at radius 1 is 1.25 bits per heavy atom. The fraction of sp³-hybridized carbons (Fsp3) is 0.250.